The fourth-order valence-electron chi connectivity index (χ4n) is 2.49. The average molecular weight is 389 g/mol. The maximum absolute atomic E-state index is 12.7. The van der Waals surface area contributed by atoms with Crippen molar-refractivity contribution in [3.05, 3.63) is 58.1 Å². The number of nitrogens with one attached hydrogen (secondary N) is 2. The van der Waals surface area contributed by atoms with Crippen LogP contribution in [0.5, 0.6) is 11.5 Å². The van der Waals surface area contributed by atoms with E-state index in [0.29, 0.717) is 33.1 Å². The molecule has 0 unspecified atom stereocenters. The lowest BCUT2D eigenvalue weighted by atomic mass is 10.2. The number of ether oxygens (including phenoxy) is 2. The lowest BCUT2D eigenvalue weighted by molar-refractivity contribution is -0.121. The second kappa shape index (κ2) is 7.96. The molecular weight excluding hydrogens is 372 g/mol. The van der Waals surface area contributed by atoms with Crippen LogP contribution in [0.4, 0.5) is 5.69 Å². The molecule has 9 heteroatoms. The zero-order valence-electron chi connectivity index (χ0n) is 14.7. The standard InChI is InChI=1S/C18H17ClN4O4/c1-26-15-7-11-14(8-16(15)27-2)20-10-23(18(11)25)9-17(24)22-21-13-6-4-3-5-12(13)19/h3-8,10,21H,9H2,1-2H3,(H,22,24). The molecule has 1 heterocycles. The van der Waals surface area contributed by atoms with Gasteiger partial charge in [0.2, 0.25) is 0 Å². The van der Waals surface area contributed by atoms with Gasteiger partial charge in [0.25, 0.3) is 11.5 Å². The first-order chi connectivity index (χ1) is 13.0. The number of carbonyl (C=O) groups excluding carboxylic acids is 1. The molecule has 140 valence electrons. The van der Waals surface area contributed by atoms with E-state index in [9.17, 15) is 9.59 Å². The van der Waals surface area contributed by atoms with Gasteiger partial charge < -0.3 is 9.47 Å². The average Bonchev–Trinajstić information content (AvgIpc) is 2.68. The number of fused-ring (bicyclic) bond motifs is 1. The van der Waals surface area contributed by atoms with Gasteiger partial charge in [0.1, 0.15) is 6.54 Å². The molecule has 0 radical (unpaired) electrons. The molecule has 0 fully saturated rings. The predicted octanol–water partition coefficient (Wildman–Crippen LogP) is 2.21. The molecule has 0 saturated heterocycles. The largest absolute Gasteiger partial charge is 0.493 e. The molecule has 3 aromatic rings. The number of carbonyl (C=O) groups is 1. The normalized spacial score (nSPS) is 10.5. The van der Waals surface area contributed by atoms with E-state index in [-0.39, 0.29) is 12.1 Å². The second-order valence-electron chi connectivity index (χ2n) is 5.55. The molecule has 0 aliphatic carbocycles. The highest BCUT2D eigenvalue weighted by Crippen LogP contribution is 2.29. The summed E-state index contributed by atoms with van der Waals surface area (Å²) < 4.78 is 11.6. The van der Waals surface area contributed by atoms with Crippen LogP contribution in [0.1, 0.15) is 0 Å². The number of aromatic nitrogens is 2. The van der Waals surface area contributed by atoms with Crippen LogP contribution in [0, 0.1) is 0 Å². The van der Waals surface area contributed by atoms with Gasteiger partial charge in [-0.25, -0.2) is 4.98 Å². The number of hydrazine groups is 1. The predicted molar refractivity (Wildman–Crippen MR) is 102 cm³/mol. The van der Waals surface area contributed by atoms with Gasteiger partial charge in [-0.05, 0) is 18.2 Å². The first kappa shape index (κ1) is 18.5. The minimum Gasteiger partial charge on any atom is -0.493 e. The van der Waals surface area contributed by atoms with Crippen LogP contribution in [0.15, 0.2) is 47.5 Å². The smallest absolute Gasteiger partial charge is 0.261 e. The molecule has 8 nitrogen and oxygen atoms in total. The number of halogens is 1. The van der Waals surface area contributed by atoms with Crippen LogP contribution in [0.25, 0.3) is 10.9 Å². The summed E-state index contributed by atoms with van der Waals surface area (Å²) in [5.74, 6) is 0.446. The Morgan fingerprint density at radius 2 is 1.89 bits per heavy atom. The van der Waals surface area contributed by atoms with Crippen molar-refractivity contribution < 1.29 is 14.3 Å². The molecule has 27 heavy (non-hydrogen) atoms. The van der Waals surface area contributed by atoms with E-state index >= 15 is 0 Å². The number of benzene rings is 2. The highest BCUT2D eigenvalue weighted by molar-refractivity contribution is 6.33. The van der Waals surface area contributed by atoms with Gasteiger partial charge in [0, 0.05) is 6.07 Å². The molecule has 3 rings (SSSR count). The van der Waals surface area contributed by atoms with Crippen molar-refractivity contribution in [3.63, 3.8) is 0 Å². The van der Waals surface area contributed by atoms with Gasteiger partial charge in [-0.1, -0.05) is 23.7 Å². The number of amides is 1. The maximum Gasteiger partial charge on any atom is 0.261 e. The van der Waals surface area contributed by atoms with E-state index in [4.69, 9.17) is 21.1 Å². The zero-order valence-corrected chi connectivity index (χ0v) is 15.4. The van der Waals surface area contributed by atoms with Crippen molar-refractivity contribution in [2.45, 2.75) is 6.54 Å². The molecule has 1 aromatic heterocycles. The molecule has 0 aliphatic heterocycles. The van der Waals surface area contributed by atoms with Crippen LogP contribution >= 0.6 is 11.6 Å². The summed E-state index contributed by atoms with van der Waals surface area (Å²) in [5, 5.41) is 0.783. The summed E-state index contributed by atoms with van der Waals surface area (Å²) in [6.45, 7) is -0.215. The third kappa shape index (κ3) is 3.95. The Hall–Kier alpha value is -3.26. The van der Waals surface area contributed by atoms with Gasteiger partial charge in [0.05, 0.1) is 42.2 Å². The molecule has 0 saturated carbocycles. The topological polar surface area (TPSA) is 94.5 Å². The molecular formula is C18H17ClN4O4. The summed E-state index contributed by atoms with van der Waals surface area (Å²) in [7, 11) is 2.98. The van der Waals surface area contributed by atoms with Gasteiger partial charge in [-0.15, -0.1) is 0 Å². The molecule has 2 aromatic carbocycles. The number of nitrogens with zero attached hydrogens (tertiary/aromatic N) is 2. The van der Waals surface area contributed by atoms with E-state index in [1.54, 1.807) is 36.4 Å². The Morgan fingerprint density at radius 3 is 2.59 bits per heavy atom. The first-order valence-corrected chi connectivity index (χ1v) is 8.32. The summed E-state index contributed by atoms with van der Waals surface area (Å²) in [4.78, 5) is 29.0. The van der Waals surface area contributed by atoms with Gasteiger partial charge >= 0.3 is 0 Å². The monoisotopic (exact) mass is 388 g/mol. The van der Waals surface area contributed by atoms with Crippen molar-refractivity contribution in [3.8, 4) is 11.5 Å². The van der Waals surface area contributed by atoms with Crippen LogP contribution in [0.3, 0.4) is 0 Å². The Morgan fingerprint density at radius 1 is 1.19 bits per heavy atom. The van der Waals surface area contributed by atoms with Crippen molar-refractivity contribution >= 4 is 34.1 Å². The van der Waals surface area contributed by atoms with E-state index < -0.39 is 5.91 Å². The summed E-state index contributed by atoms with van der Waals surface area (Å²) >= 11 is 6.01. The van der Waals surface area contributed by atoms with Crippen molar-refractivity contribution in [2.75, 3.05) is 19.6 Å². The van der Waals surface area contributed by atoms with Crippen molar-refractivity contribution in [1.82, 2.24) is 15.0 Å². The zero-order chi connectivity index (χ0) is 19.4. The molecule has 0 atom stereocenters. The fourth-order valence-corrected chi connectivity index (χ4v) is 2.67. The number of hydrogen-bond acceptors (Lipinski definition) is 6. The van der Waals surface area contributed by atoms with Crippen LogP contribution in [0.2, 0.25) is 5.02 Å². The minimum absolute atomic E-state index is 0.215. The van der Waals surface area contributed by atoms with Gasteiger partial charge in [-0.3, -0.25) is 25.0 Å². The van der Waals surface area contributed by atoms with Crippen LogP contribution in [-0.4, -0.2) is 29.7 Å². The van der Waals surface area contributed by atoms with Gasteiger partial charge in [-0.2, -0.15) is 0 Å². The quantitative estimate of drug-likeness (QED) is 0.629. The highest BCUT2D eigenvalue weighted by Gasteiger charge is 2.12. The lowest BCUT2D eigenvalue weighted by Crippen LogP contribution is -2.35. The first-order valence-electron chi connectivity index (χ1n) is 7.94. The van der Waals surface area contributed by atoms with Crippen LogP contribution < -0.4 is 25.9 Å². The fraction of sp³-hybridized carbons (Fsp3) is 0.167. The van der Waals surface area contributed by atoms with Gasteiger partial charge in [0.15, 0.2) is 11.5 Å². The Labute approximate surface area is 159 Å². The van der Waals surface area contributed by atoms with E-state index in [1.165, 1.54) is 25.1 Å². The summed E-state index contributed by atoms with van der Waals surface area (Å²) in [6.07, 6.45) is 1.31. The Bertz CT molecular complexity index is 1050. The highest BCUT2D eigenvalue weighted by atomic mass is 35.5. The Balaban J connectivity index is 1.80. The van der Waals surface area contributed by atoms with E-state index in [0.717, 1.165) is 0 Å². The lowest BCUT2D eigenvalue weighted by Gasteiger charge is -2.12. The molecule has 2 N–H and O–H groups in total. The molecule has 0 spiro atoms. The number of para-hydroxylation sites is 1. The summed E-state index contributed by atoms with van der Waals surface area (Å²) in [6, 6.07) is 10.1. The number of anilines is 1. The van der Waals surface area contributed by atoms with E-state index in [1.807, 2.05) is 0 Å². The summed E-state index contributed by atoms with van der Waals surface area (Å²) in [5.41, 5.74) is 5.85. The molecule has 0 bridgehead atoms. The Kier molecular flexibility index (Phi) is 5.46. The van der Waals surface area contributed by atoms with Crippen LogP contribution in [-0.2, 0) is 11.3 Å². The van der Waals surface area contributed by atoms with Crippen molar-refractivity contribution in [2.24, 2.45) is 0 Å². The third-order valence-electron chi connectivity index (χ3n) is 3.85. The number of hydrogen-bond donors (Lipinski definition) is 2. The maximum atomic E-state index is 12.7. The number of methoxy groups -OCH3 is 2. The number of rotatable bonds is 6. The van der Waals surface area contributed by atoms with Crippen molar-refractivity contribution in [1.29, 1.82) is 0 Å². The second-order valence-corrected chi connectivity index (χ2v) is 5.96. The van der Waals surface area contributed by atoms with E-state index in [2.05, 4.69) is 15.8 Å². The third-order valence-corrected chi connectivity index (χ3v) is 4.18. The minimum atomic E-state index is -0.432. The SMILES string of the molecule is COc1cc2ncn(CC(=O)NNc3ccccc3Cl)c(=O)c2cc1OC. The molecule has 1 amide bonds. The molecule has 0 aliphatic rings.